The standard InChI is InChI=1S/C22H24N6O2/c1-22(2,3)30-21(29)27-10-8-26(9-11-27)18-12-19(28-20(13-18)24-15-25-28)17-6-4-16(14-23)5-7-17/h4-7,12-13,15H,8-11H2,1-3H3. The number of rotatable bonds is 2. The smallest absolute Gasteiger partial charge is 0.410 e. The first kappa shape index (κ1) is 19.7. The summed E-state index contributed by atoms with van der Waals surface area (Å²) in [6, 6.07) is 13.6. The molecule has 30 heavy (non-hydrogen) atoms. The van der Waals surface area contributed by atoms with Crippen molar-refractivity contribution in [2.75, 3.05) is 31.1 Å². The van der Waals surface area contributed by atoms with E-state index in [1.165, 1.54) is 6.33 Å². The average Bonchev–Trinajstić information content (AvgIpc) is 3.21. The fourth-order valence-electron chi connectivity index (χ4n) is 3.49. The Morgan fingerprint density at radius 1 is 1.10 bits per heavy atom. The van der Waals surface area contributed by atoms with Crippen LogP contribution in [0, 0.1) is 11.3 Å². The van der Waals surface area contributed by atoms with Crippen molar-refractivity contribution in [2.45, 2.75) is 26.4 Å². The molecule has 1 aliphatic heterocycles. The molecule has 0 unspecified atom stereocenters. The number of nitriles is 1. The molecule has 4 rings (SSSR count). The van der Waals surface area contributed by atoms with Crippen LogP contribution in [0.4, 0.5) is 10.5 Å². The first-order valence-electron chi connectivity index (χ1n) is 9.91. The lowest BCUT2D eigenvalue weighted by Gasteiger charge is -2.36. The molecular weight excluding hydrogens is 380 g/mol. The van der Waals surface area contributed by atoms with Crippen molar-refractivity contribution >= 4 is 17.4 Å². The van der Waals surface area contributed by atoms with Crippen molar-refractivity contribution in [2.24, 2.45) is 0 Å². The van der Waals surface area contributed by atoms with Gasteiger partial charge in [-0.15, -0.1) is 0 Å². The number of ether oxygens (including phenoxy) is 1. The maximum atomic E-state index is 12.3. The average molecular weight is 404 g/mol. The van der Waals surface area contributed by atoms with Crippen LogP contribution in [0.1, 0.15) is 26.3 Å². The normalized spacial score (nSPS) is 14.6. The maximum absolute atomic E-state index is 12.3. The molecular formula is C22H24N6O2. The van der Waals surface area contributed by atoms with Gasteiger partial charge in [-0.3, -0.25) is 0 Å². The molecule has 0 N–H and O–H groups in total. The summed E-state index contributed by atoms with van der Waals surface area (Å²) in [6.45, 7) is 8.23. The van der Waals surface area contributed by atoms with Crippen LogP contribution in [0.3, 0.4) is 0 Å². The molecule has 0 bridgehead atoms. The van der Waals surface area contributed by atoms with Gasteiger partial charge in [-0.05, 0) is 39.0 Å². The molecule has 0 aliphatic carbocycles. The van der Waals surface area contributed by atoms with Gasteiger partial charge < -0.3 is 14.5 Å². The monoisotopic (exact) mass is 404 g/mol. The van der Waals surface area contributed by atoms with Crippen LogP contribution < -0.4 is 4.90 Å². The summed E-state index contributed by atoms with van der Waals surface area (Å²) in [4.78, 5) is 20.7. The van der Waals surface area contributed by atoms with E-state index in [9.17, 15) is 4.79 Å². The van der Waals surface area contributed by atoms with Crippen LogP contribution in [-0.2, 0) is 4.74 Å². The van der Waals surface area contributed by atoms with E-state index >= 15 is 0 Å². The molecule has 3 aromatic rings. The molecule has 8 nitrogen and oxygen atoms in total. The highest BCUT2D eigenvalue weighted by atomic mass is 16.6. The number of aromatic nitrogens is 3. The zero-order chi connectivity index (χ0) is 21.3. The van der Waals surface area contributed by atoms with Crippen molar-refractivity contribution < 1.29 is 9.53 Å². The highest BCUT2D eigenvalue weighted by Crippen LogP contribution is 2.27. The molecule has 1 aliphatic rings. The quantitative estimate of drug-likeness (QED) is 0.651. The molecule has 0 spiro atoms. The number of piperazine rings is 1. The Morgan fingerprint density at radius 2 is 1.80 bits per heavy atom. The molecule has 3 heterocycles. The number of anilines is 1. The Kier molecular flexibility index (Phi) is 5.04. The zero-order valence-electron chi connectivity index (χ0n) is 17.4. The van der Waals surface area contributed by atoms with Crippen LogP contribution >= 0.6 is 0 Å². The minimum Gasteiger partial charge on any atom is -0.444 e. The summed E-state index contributed by atoms with van der Waals surface area (Å²) in [7, 11) is 0. The lowest BCUT2D eigenvalue weighted by molar-refractivity contribution is 0.0240. The SMILES string of the molecule is CC(C)(C)OC(=O)N1CCN(c2cc(-c3ccc(C#N)cc3)n3ncnc3c2)CC1. The Balaban J connectivity index is 1.57. The van der Waals surface area contributed by atoms with Crippen LogP contribution in [-0.4, -0.2) is 57.4 Å². The van der Waals surface area contributed by atoms with Gasteiger partial charge >= 0.3 is 6.09 Å². The summed E-state index contributed by atoms with van der Waals surface area (Å²) < 4.78 is 7.28. The molecule has 1 saturated heterocycles. The minimum absolute atomic E-state index is 0.270. The lowest BCUT2D eigenvalue weighted by Crippen LogP contribution is -2.50. The molecule has 0 radical (unpaired) electrons. The zero-order valence-corrected chi connectivity index (χ0v) is 17.4. The van der Waals surface area contributed by atoms with Gasteiger partial charge in [-0.2, -0.15) is 10.4 Å². The number of carbonyl (C=O) groups is 1. The third kappa shape index (κ3) is 4.06. The van der Waals surface area contributed by atoms with Gasteiger partial charge in [0.05, 0.1) is 17.3 Å². The highest BCUT2D eigenvalue weighted by Gasteiger charge is 2.26. The predicted octanol–water partition coefficient (Wildman–Crippen LogP) is 3.33. The summed E-state index contributed by atoms with van der Waals surface area (Å²) in [6.07, 6.45) is 1.26. The third-order valence-corrected chi connectivity index (χ3v) is 4.97. The van der Waals surface area contributed by atoms with Crippen LogP contribution in [0.2, 0.25) is 0 Å². The van der Waals surface area contributed by atoms with E-state index in [1.54, 1.807) is 21.5 Å². The molecule has 0 saturated carbocycles. The predicted molar refractivity (Wildman–Crippen MR) is 113 cm³/mol. The van der Waals surface area contributed by atoms with Crippen LogP contribution in [0.25, 0.3) is 16.9 Å². The third-order valence-electron chi connectivity index (χ3n) is 4.97. The fourth-order valence-corrected chi connectivity index (χ4v) is 3.49. The molecule has 8 heteroatoms. The van der Waals surface area contributed by atoms with E-state index < -0.39 is 5.60 Å². The van der Waals surface area contributed by atoms with E-state index in [1.807, 2.05) is 39.0 Å². The van der Waals surface area contributed by atoms with E-state index in [0.717, 1.165) is 22.6 Å². The molecule has 1 aromatic carbocycles. The van der Waals surface area contributed by atoms with Crippen LogP contribution in [0.15, 0.2) is 42.7 Å². The summed E-state index contributed by atoms with van der Waals surface area (Å²) in [5.41, 5.74) is 3.75. The number of nitrogens with zero attached hydrogens (tertiary/aromatic N) is 6. The Bertz CT molecular complexity index is 1100. The van der Waals surface area contributed by atoms with Crippen LogP contribution in [0.5, 0.6) is 0 Å². The fraction of sp³-hybridized carbons (Fsp3) is 0.364. The van der Waals surface area contributed by atoms with Gasteiger partial charge in [0.2, 0.25) is 0 Å². The van der Waals surface area contributed by atoms with Gasteiger partial charge in [-0.25, -0.2) is 14.3 Å². The second-order valence-electron chi connectivity index (χ2n) is 8.27. The number of fused-ring (bicyclic) bond motifs is 1. The Hall–Kier alpha value is -3.60. The molecule has 154 valence electrons. The second-order valence-corrected chi connectivity index (χ2v) is 8.27. The van der Waals surface area contributed by atoms with Gasteiger partial charge in [0, 0.05) is 43.5 Å². The largest absolute Gasteiger partial charge is 0.444 e. The van der Waals surface area contributed by atoms with E-state index in [-0.39, 0.29) is 6.09 Å². The lowest BCUT2D eigenvalue weighted by atomic mass is 10.1. The Morgan fingerprint density at radius 3 is 2.43 bits per heavy atom. The Labute approximate surface area is 175 Å². The maximum Gasteiger partial charge on any atom is 0.410 e. The van der Waals surface area contributed by atoms with Gasteiger partial charge in [0.15, 0.2) is 5.65 Å². The highest BCUT2D eigenvalue weighted by molar-refractivity contribution is 5.72. The van der Waals surface area contributed by atoms with E-state index in [2.05, 4.69) is 27.1 Å². The van der Waals surface area contributed by atoms with Crippen molar-refractivity contribution in [3.05, 3.63) is 48.3 Å². The van der Waals surface area contributed by atoms with Gasteiger partial charge in [0.1, 0.15) is 11.9 Å². The summed E-state index contributed by atoms with van der Waals surface area (Å²) in [5.74, 6) is 0. The first-order chi connectivity index (χ1) is 14.3. The number of benzene rings is 1. The first-order valence-corrected chi connectivity index (χ1v) is 9.91. The van der Waals surface area contributed by atoms with E-state index in [0.29, 0.717) is 31.7 Å². The number of hydrogen-bond donors (Lipinski definition) is 0. The number of amides is 1. The van der Waals surface area contributed by atoms with Crippen molar-refractivity contribution in [1.82, 2.24) is 19.5 Å². The summed E-state index contributed by atoms with van der Waals surface area (Å²) in [5, 5.41) is 13.4. The number of hydrogen-bond acceptors (Lipinski definition) is 6. The molecule has 1 fully saturated rings. The molecule has 0 atom stereocenters. The topological polar surface area (TPSA) is 86.8 Å². The second kappa shape index (κ2) is 7.67. The minimum atomic E-state index is -0.497. The van der Waals surface area contributed by atoms with Crippen molar-refractivity contribution in [3.63, 3.8) is 0 Å². The van der Waals surface area contributed by atoms with Gasteiger partial charge in [-0.1, -0.05) is 12.1 Å². The van der Waals surface area contributed by atoms with E-state index in [4.69, 9.17) is 10.00 Å². The molecule has 1 amide bonds. The number of carbonyl (C=O) groups excluding carboxylic acids is 1. The van der Waals surface area contributed by atoms with Crippen molar-refractivity contribution in [3.8, 4) is 17.3 Å². The van der Waals surface area contributed by atoms with Gasteiger partial charge in [0.25, 0.3) is 0 Å². The molecule has 2 aromatic heterocycles. The van der Waals surface area contributed by atoms with Crippen molar-refractivity contribution in [1.29, 1.82) is 5.26 Å². The summed E-state index contributed by atoms with van der Waals surface area (Å²) >= 11 is 0. The number of pyridine rings is 1.